The van der Waals surface area contributed by atoms with Crippen molar-refractivity contribution in [1.82, 2.24) is 19.4 Å². The van der Waals surface area contributed by atoms with E-state index in [4.69, 9.17) is 4.98 Å². The summed E-state index contributed by atoms with van der Waals surface area (Å²) in [6.07, 6.45) is 1.64. The van der Waals surface area contributed by atoms with Crippen LogP contribution in [0.1, 0.15) is 32.3 Å². The fraction of sp³-hybridized carbons (Fsp3) is 0.385. The summed E-state index contributed by atoms with van der Waals surface area (Å²) in [5.74, 6) is 0.483. The zero-order valence-electron chi connectivity index (χ0n) is 20.6. The highest BCUT2D eigenvalue weighted by molar-refractivity contribution is 6.00. The fourth-order valence-electron chi connectivity index (χ4n) is 4.52. The quantitative estimate of drug-likeness (QED) is 0.424. The minimum absolute atomic E-state index is 0.126. The van der Waals surface area contributed by atoms with Gasteiger partial charge in [0, 0.05) is 47.1 Å². The van der Waals surface area contributed by atoms with Crippen molar-refractivity contribution in [2.24, 2.45) is 4.99 Å². The predicted octanol–water partition coefficient (Wildman–Crippen LogP) is 3.51. The number of benzene rings is 2. The topological polar surface area (TPSA) is 74.0 Å². The van der Waals surface area contributed by atoms with Crippen molar-refractivity contribution in [3.8, 4) is 0 Å². The van der Waals surface area contributed by atoms with Gasteiger partial charge in [0.2, 0.25) is 23.7 Å². The summed E-state index contributed by atoms with van der Waals surface area (Å²) in [5, 5.41) is 0. The molecule has 0 unspecified atom stereocenters. The van der Waals surface area contributed by atoms with Gasteiger partial charge in [-0.05, 0) is 42.7 Å². The summed E-state index contributed by atoms with van der Waals surface area (Å²) in [7, 11) is 3.51. The van der Waals surface area contributed by atoms with Crippen molar-refractivity contribution >= 4 is 34.8 Å². The van der Waals surface area contributed by atoms with E-state index in [1.165, 1.54) is 30.9 Å². The zero-order chi connectivity index (χ0) is 25.1. The van der Waals surface area contributed by atoms with Crippen molar-refractivity contribution in [3.05, 3.63) is 59.9 Å². The molecule has 1 aromatic heterocycles. The second-order valence-corrected chi connectivity index (χ2v) is 8.95. The summed E-state index contributed by atoms with van der Waals surface area (Å²) in [6, 6.07) is 14.7. The number of carbonyl (C=O) groups is 2. The molecular formula is C26H31FN6O2. The van der Waals surface area contributed by atoms with E-state index in [0.717, 1.165) is 48.5 Å². The Labute approximate surface area is 204 Å². The number of fused-ring (bicyclic) bond motifs is 1. The number of guanidine groups is 1. The third kappa shape index (κ3) is 5.34. The number of carbonyl (C=O) groups excluding carboxylic acids is 2. The van der Waals surface area contributed by atoms with Gasteiger partial charge in [-0.1, -0.05) is 24.3 Å². The van der Waals surface area contributed by atoms with Crippen LogP contribution in [0.2, 0.25) is 0 Å². The molecule has 1 fully saturated rings. The number of amides is 2. The lowest BCUT2D eigenvalue weighted by molar-refractivity contribution is -0.124. The number of anilines is 1. The van der Waals surface area contributed by atoms with Crippen LogP contribution in [-0.4, -0.2) is 70.4 Å². The molecule has 1 saturated heterocycles. The number of piperidine rings is 1. The monoisotopic (exact) mass is 478 g/mol. The first-order chi connectivity index (χ1) is 16.7. The van der Waals surface area contributed by atoms with Crippen LogP contribution in [0.4, 0.5) is 10.3 Å². The molecule has 0 saturated carbocycles. The van der Waals surface area contributed by atoms with E-state index in [1.807, 2.05) is 30.1 Å². The van der Waals surface area contributed by atoms with Crippen LogP contribution in [-0.2, 0) is 16.1 Å². The van der Waals surface area contributed by atoms with Crippen LogP contribution in [0.25, 0.3) is 11.0 Å². The first kappa shape index (κ1) is 24.4. The summed E-state index contributed by atoms with van der Waals surface area (Å²) in [4.78, 5) is 38.3. The highest BCUT2D eigenvalue weighted by Gasteiger charge is 2.29. The van der Waals surface area contributed by atoms with Gasteiger partial charge < -0.3 is 14.4 Å². The molecule has 35 heavy (non-hydrogen) atoms. The third-order valence-corrected chi connectivity index (χ3v) is 6.53. The predicted molar refractivity (Wildman–Crippen MR) is 135 cm³/mol. The molecule has 9 heteroatoms. The molecule has 2 amide bonds. The van der Waals surface area contributed by atoms with Gasteiger partial charge in [0.25, 0.3) is 0 Å². The van der Waals surface area contributed by atoms with Crippen LogP contribution in [0.15, 0.2) is 53.5 Å². The van der Waals surface area contributed by atoms with E-state index in [2.05, 4.69) is 20.5 Å². The molecule has 0 atom stereocenters. The number of para-hydroxylation sites is 2. The van der Waals surface area contributed by atoms with Gasteiger partial charge in [0.1, 0.15) is 5.82 Å². The number of aliphatic imine (C=N–C) groups is 1. The van der Waals surface area contributed by atoms with Crippen LogP contribution in [0.5, 0.6) is 0 Å². The number of imidazole rings is 1. The van der Waals surface area contributed by atoms with Gasteiger partial charge in [-0.3, -0.25) is 14.5 Å². The number of halogens is 1. The summed E-state index contributed by atoms with van der Waals surface area (Å²) in [5.41, 5.74) is 2.95. The average Bonchev–Trinajstić information content (AvgIpc) is 3.21. The summed E-state index contributed by atoms with van der Waals surface area (Å²) in [6.45, 7) is 4.96. The number of aromatic nitrogens is 2. The SMILES string of the molecule is CC(=O)/N=C(\N(C)C(C)=O)N(C)C1CCN(c2nc3ccccc3n2Cc2ccc(F)cc2)CC1. The van der Waals surface area contributed by atoms with E-state index in [-0.39, 0.29) is 23.7 Å². The Morgan fingerprint density at radius 3 is 2.34 bits per heavy atom. The number of hydrogen-bond donors (Lipinski definition) is 0. The summed E-state index contributed by atoms with van der Waals surface area (Å²) < 4.78 is 15.6. The number of nitrogens with zero attached hydrogens (tertiary/aromatic N) is 6. The average molecular weight is 479 g/mol. The molecule has 0 N–H and O–H groups in total. The molecule has 0 bridgehead atoms. The molecule has 4 rings (SSSR count). The lowest BCUT2D eigenvalue weighted by atomic mass is 10.0. The normalized spacial score (nSPS) is 14.9. The van der Waals surface area contributed by atoms with Gasteiger partial charge in [-0.15, -0.1) is 0 Å². The van der Waals surface area contributed by atoms with Crippen LogP contribution in [0, 0.1) is 5.82 Å². The highest BCUT2D eigenvalue weighted by atomic mass is 19.1. The van der Waals surface area contributed by atoms with E-state index < -0.39 is 0 Å². The van der Waals surface area contributed by atoms with Crippen molar-refractivity contribution in [3.63, 3.8) is 0 Å². The largest absolute Gasteiger partial charge is 0.342 e. The number of rotatable bonds is 4. The fourth-order valence-corrected chi connectivity index (χ4v) is 4.52. The lowest BCUT2D eigenvalue weighted by Crippen LogP contribution is -2.51. The second-order valence-electron chi connectivity index (χ2n) is 8.95. The molecule has 2 heterocycles. The number of hydrogen-bond acceptors (Lipinski definition) is 4. The Hall–Kier alpha value is -3.75. The molecule has 2 aromatic carbocycles. The van der Waals surface area contributed by atoms with Gasteiger partial charge >= 0.3 is 0 Å². The molecular weight excluding hydrogens is 447 g/mol. The molecule has 3 aromatic rings. The van der Waals surface area contributed by atoms with E-state index in [9.17, 15) is 14.0 Å². The highest BCUT2D eigenvalue weighted by Crippen LogP contribution is 2.27. The van der Waals surface area contributed by atoms with Crippen LogP contribution < -0.4 is 4.90 Å². The molecule has 0 aliphatic carbocycles. The van der Waals surface area contributed by atoms with Gasteiger partial charge in [0.05, 0.1) is 17.6 Å². The molecule has 1 aliphatic heterocycles. The molecule has 0 radical (unpaired) electrons. The maximum Gasteiger partial charge on any atom is 0.245 e. The van der Waals surface area contributed by atoms with Crippen molar-refractivity contribution < 1.29 is 14.0 Å². The zero-order valence-corrected chi connectivity index (χ0v) is 20.6. The Morgan fingerprint density at radius 2 is 1.71 bits per heavy atom. The molecule has 1 aliphatic rings. The Balaban J connectivity index is 1.55. The molecule has 184 valence electrons. The Morgan fingerprint density at radius 1 is 1.06 bits per heavy atom. The van der Waals surface area contributed by atoms with Gasteiger partial charge in [0.15, 0.2) is 0 Å². The molecule has 8 nitrogen and oxygen atoms in total. The van der Waals surface area contributed by atoms with Crippen molar-refractivity contribution in [2.75, 3.05) is 32.1 Å². The maximum absolute atomic E-state index is 13.4. The third-order valence-electron chi connectivity index (χ3n) is 6.53. The first-order valence-corrected chi connectivity index (χ1v) is 11.8. The summed E-state index contributed by atoms with van der Waals surface area (Å²) >= 11 is 0. The first-order valence-electron chi connectivity index (χ1n) is 11.8. The standard InChI is InChI=1S/C26H31FN6O2/c1-18(34)28-25(30(3)19(2)35)31(4)22-13-15-32(16-14-22)26-29-23-7-5-6-8-24(23)33(26)17-20-9-11-21(27)12-10-20/h5-12,22H,13-17H2,1-4H3/b28-25+. The van der Waals surface area contributed by atoms with Gasteiger partial charge in [-0.25, -0.2) is 9.37 Å². The smallest absolute Gasteiger partial charge is 0.245 e. The van der Waals surface area contributed by atoms with E-state index in [1.54, 1.807) is 19.2 Å². The Kier molecular flexibility index (Phi) is 7.14. The van der Waals surface area contributed by atoms with Gasteiger partial charge in [-0.2, -0.15) is 4.99 Å². The van der Waals surface area contributed by atoms with E-state index in [0.29, 0.717) is 12.5 Å². The second kappa shape index (κ2) is 10.2. The maximum atomic E-state index is 13.4. The van der Waals surface area contributed by atoms with Crippen LogP contribution >= 0.6 is 0 Å². The minimum Gasteiger partial charge on any atom is -0.342 e. The molecule has 0 spiro atoms. The minimum atomic E-state index is -0.341. The lowest BCUT2D eigenvalue weighted by Gasteiger charge is -2.39. The van der Waals surface area contributed by atoms with Crippen LogP contribution in [0.3, 0.4) is 0 Å². The Bertz CT molecular complexity index is 1240. The van der Waals surface area contributed by atoms with Crippen molar-refractivity contribution in [2.45, 2.75) is 39.3 Å². The van der Waals surface area contributed by atoms with E-state index >= 15 is 0 Å². The van der Waals surface area contributed by atoms with Crippen molar-refractivity contribution in [1.29, 1.82) is 0 Å².